The molecule has 5 nitrogen and oxygen atoms in total. The molecule has 0 radical (unpaired) electrons. The van der Waals surface area contributed by atoms with Gasteiger partial charge in [-0.15, -0.1) is 0 Å². The van der Waals surface area contributed by atoms with Gasteiger partial charge in [-0.2, -0.15) is 10.1 Å². The lowest BCUT2D eigenvalue weighted by molar-refractivity contribution is 0.413. The van der Waals surface area contributed by atoms with Crippen molar-refractivity contribution in [2.24, 2.45) is 0 Å². The molecule has 0 bridgehead atoms. The second-order valence-electron chi connectivity index (χ2n) is 5.77. The lowest BCUT2D eigenvalue weighted by atomic mass is 9.93. The first-order valence-corrected chi connectivity index (χ1v) is 8.18. The Morgan fingerprint density at radius 2 is 1.96 bits per heavy atom. The van der Waals surface area contributed by atoms with Crippen molar-refractivity contribution >= 4 is 17.5 Å². The molecular formula is C18H17ClN4O. The average molecular weight is 341 g/mol. The molecule has 1 aliphatic rings. The summed E-state index contributed by atoms with van der Waals surface area (Å²) in [5.74, 6) is 1.60. The number of nitrogens with one attached hydrogen (secondary N) is 1. The van der Waals surface area contributed by atoms with Gasteiger partial charge in [-0.05, 0) is 35.7 Å². The van der Waals surface area contributed by atoms with E-state index in [4.69, 9.17) is 16.3 Å². The van der Waals surface area contributed by atoms with Crippen LogP contribution in [-0.2, 0) is 0 Å². The maximum absolute atomic E-state index is 6.43. The van der Waals surface area contributed by atoms with E-state index in [1.807, 2.05) is 35.0 Å². The number of aromatic nitrogens is 3. The Kier molecular flexibility index (Phi) is 3.86. The molecule has 4 rings (SSSR count). The molecule has 0 saturated heterocycles. The molecule has 0 amide bonds. The third kappa shape index (κ3) is 2.61. The minimum Gasteiger partial charge on any atom is -0.497 e. The first-order valence-electron chi connectivity index (χ1n) is 7.80. The lowest BCUT2D eigenvalue weighted by Gasteiger charge is -2.32. The summed E-state index contributed by atoms with van der Waals surface area (Å²) in [7, 11) is 1.67. The van der Waals surface area contributed by atoms with Gasteiger partial charge in [0, 0.05) is 5.02 Å². The van der Waals surface area contributed by atoms with Crippen molar-refractivity contribution < 1.29 is 4.74 Å². The number of benzene rings is 2. The number of hydrogen-bond donors (Lipinski definition) is 1. The molecule has 24 heavy (non-hydrogen) atoms. The molecule has 1 aromatic heterocycles. The van der Waals surface area contributed by atoms with E-state index in [1.54, 1.807) is 13.4 Å². The fraction of sp³-hybridized carbons (Fsp3) is 0.222. The van der Waals surface area contributed by atoms with Gasteiger partial charge < -0.3 is 10.1 Å². The summed E-state index contributed by atoms with van der Waals surface area (Å²) in [4.78, 5) is 4.34. The minimum atomic E-state index is 0.0459. The smallest absolute Gasteiger partial charge is 0.222 e. The molecule has 0 aliphatic carbocycles. The Hall–Kier alpha value is -2.53. The second kappa shape index (κ2) is 6.17. The van der Waals surface area contributed by atoms with Gasteiger partial charge in [0.2, 0.25) is 5.95 Å². The highest BCUT2D eigenvalue weighted by Gasteiger charge is 2.30. The van der Waals surface area contributed by atoms with Crippen molar-refractivity contribution in [2.45, 2.75) is 18.5 Å². The molecule has 2 atom stereocenters. The van der Waals surface area contributed by atoms with E-state index in [-0.39, 0.29) is 12.1 Å². The van der Waals surface area contributed by atoms with Crippen LogP contribution in [0.2, 0.25) is 5.02 Å². The highest BCUT2D eigenvalue weighted by Crippen LogP contribution is 2.39. The van der Waals surface area contributed by atoms with Crippen LogP contribution in [0, 0.1) is 0 Å². The Balaban J connectivity index is 1.72. The number of rotatable bonds is 3. The first kappa shape index (κ1) is 15.0. The third-order valence-corrected chi connectivity index (χ3v) is 4.76. The van der Waals surface area contributed by atoms with Crippen molar-refractivity contribution in [3.05, 3.63) is 71.0 Å². The monoisotopic (exact) mass is 340 g/mol. The quantitative estimate of drug-likeness (QED) is 0.780. The van der Waals surface area contributed by atoms with Gasteiger partial charge in [0.1, 0.15) is 12.1 Å². The van der Waals surface area contributed by atoms with E-state index in [0.29, 0.717) is 0 Å². The van der Waals surface area contributed by atoms with Crippen molar-refractivity contribution in [1.29, 1.82) is 0 Å². The predicted octanol–water partition coefficient (Wildman–Crippen LogP) is 4.09. The number of methoxy groups -OCH3 is 1. The van der Waals surface area contributed by atoms with Gasteiger partial charge in [-0.25, -0.2) is 4.68 Å². The van der Waals surface area contributed by atoms with Crippen molar-refractivity contribution in [3.63, 3.8) is 0 Å². The van der Waals surface area contributed by atoms with Gasteiger partial charge in [-0.3, -0.25) is 0 Å². The number of halogens is 1. The van der Waals surface area contributed by atoms with Crippen molar-refractivity contribution in [3.8, 4) is 5.75 Å². The van der Waals surface area contributed by atoms with E-state index in [2.05, 4.69) is 33.6 Å². The van der Waals surface area contributed by atoms with Crippen LogP contribution in [-0.4, -0.2) is 21.9 Å². The standard InChI is InChI=1S/C18H17ClN4O/c1-24-13-8-6-12(7-9-13)16-10-17(14-4-2-3-5-15(14)19)23-18(22-16)20-11-21-23/h2-9,11,16-17H,10H2,1H3,(H,20,21,22). The van der Waals surface area contributed by atoms with Crippen molar-refractivity contribution in [2.75, 3.05) is 12.4 Å². The van der Waals surface area contributed by atoms with Gasteiger partial charge >= 0.3 is 0 Å². The Bertz CT molecular complexity index is 846. The average Bonchev–Trinajstić information content (AvgIpc) is 3.10. The van der Waals surface area contributed by atoms with Gasteiger partial charge in [0.25, 0.3) is 0 Å². The fourth-order valence-electron chi connectivity index (χ4n) is 3.18. The van der Waals surface area contributed by atoms with E-state index in [0.717, 1.165) is 28.7 Å². The number of hydrogen-bond acceptors (Lipinski definition) is 4. The molecule has 122 valence electrons. The molecule has 0 fully saturated rings. The first-order chi connectivity index (χ1) is 11.8. The zero-order chi connectivity index (χ0) is 16.5. The molecule has 2 heterocycles. The maximum atomic E-state index is 6.43. The highest BCUT2D eigenvalue weighted by molar-refractivity contribution is 6.31. The minimum absolute atomic E-state index is 0.0459. The molecule has 2 unspecified atom stereocenters. The molecular weight excluding hydrogens is 324 g/mol. The second-order valence-corrected chi connectivity index (χ2v) is 6.18. The summed E-state index contributed by atoms with van der Waals surface area (Å²) < 4.78 is 7.15. The SMILES string of the molecule is COc1ccc(C2CC(c3ccccc3Cl)n3ncnc3N2)cc1. The summed E-state index contributed by atoms with van der Waals surface area (Å²) in [6.07, 6.45) is 2.41. The van der Waals surface area contributed by atoms with Crippen LogP contribution in [0.15, 0.2) is 54.9 Å². The Morgan fingerprint density at radius 3 is 2.71 bits per heavy atom. The zero-order valence-electron chi connectivity index (χ0n) is 13.2. The summed E-state index contributed by atoms with van der Waals surface area (Å²) in [6.45, 7) is 0. The van der Waals surface area contributed by atoms with Crippen LogP contribution in [0.1, 0.15) is 29.6 Å². The number of nitrogens with zero attached hydrogens (tertiary/aromatic N) is 3. The predicted molar refractivity (Wildman–Crippen MR) is 93.6 cm³/mol. The van der Waals surface area contributed by atoms with Gasteiger partial charge in [-0.1, -0.05) is 41.9 Å². The molecule has 1 N–H and O–H groups in total. The maximum Gasteiger partial charge on any atom is 0.222 e. The summed E-state index contributed by atoms with van der Waals surface area (Å²) in [5.41, 5.74) is 2.24. The van der Waals surface area contributed by atoms with E-state index in [9.17, 15) is 0 Å². The molecule has 0 saturated carbocycles. The largest absolute Gasteiger partial charge is 0.497 e. The van der Waals surface area contributed by atoms with Crippen LogP contribution in [0.5, 0.6) is 5.75 Å². The van der Waals surface area contributed by atoms with E-state index in [1.165, 1.54) is 5.56 Å². The molecule has 0 spiro atoms. The van der Waals surface area contributed by atoms with E-state index >= 15 is 0 Å². The highest BCUT2D eigenvalue weighted by atomic mass is 35.5. The summed E-state index contributed by atoms with van der Waals surface area (Å²) in [6, 6.07) is 16.2. The fourth-order valence-corrected chi connectivity index (χ4v) is 3.44. The van der Waals surface area contributed by atoms with Gasteiger partial charge in [0.05, 0.1) is 19.2 Å². The number of fused-ring (bicyclic) bond motifs is 1. The normalized spacial score (nSPS) is 19.4. The Morgan fingerprint density at radius 1 is 1.17 bits per heavy atom. The van der Waals surface area contributed by atoms with Crippen LogP contribution >= 0.6 is 11.6 Å². The van der Waals surface area contributed by atoms with Crippen molar-refractivity contribution in [1.82, 2.24) is 14.8 Å². The van der Waals surface area contributed by atoms with E-state index < -0.39 is 0 Å². The summed E-state index contributed by atoms with van der Waals surface area (Å²) in [5, 5.41) is 8.58. The molecule has 2 aromatic carbocycles. The van der Waals surface area contributed by atoms with Crippen LogP contribution in [0.3, 0.4) is 0 Å². The molecule has 3 aromatic rings. The topological polar surface area (TPSA) is 52.0 Å². The molecule has 1 aliphatic heterocycles. The summed E-state index contributed by atoms with van der Waals surface area (Å²) >= 11 is 6.43. The van der Waals surface area contributed by atoms with Crippen LogP contribution in [0.25, 0.3) is 0 Å². The number of ether oxygens (including phenoxy) is 1. The van der Waals surface area contributed by atoms with Gasteiger partial charge in [0.15, 0.2) is 0 Å². The Labute approximate surface area is 145 Å². The van der Waals surface area contributed by atoms with Crippen LogP contribution < -0.4 is 10.1 Å². The third-order valence-electron chi connectivity index (χ3n) is 4.41. The molecule has 6 heteroatoms. The lowest BCUT2D eigenvalue weighted by Crippen LogP contribution is -2.28. The van der Waals surface area contributed by atoms with Crippen LogP contribution in [0.4, 0.5) is 5.95 Å². The zero-order valence-corrected chi connectivity index (χ0v) is 13.9. The number of anilines is 1.